The zero-order chi connectivity index (χ0) is 18.4. The number of sulfonamides is 1. The number of hydrogen-bond donors (Lipinski definition) is 3. The summed E-state index contributed by atoms with van der Waals surface area (Å²) in [4.78, 5) is 12.3. The Bertz CT molecular complexity index is 839. The van der Waals surface area contributed by atoms with E-state index in [2.05, 4.69) is 10.0 Å². The molecular formula is C18H24ClN3O3S. The van der Waals surface area contributed by atoms with Gasteiger partial charge in [-0.25, -0.2) is 13.1 Å². The van der Waals surface area contributed by atoms with Gasteiger partial charge in [-0.3, -0.25) is 4.79 Å². The van der Waals surface area contributed by atoms with E-state index in [1.165, 1.54) is 12.1 Å². The van der Waals surface area contributed by atoms with Gasteiger partial charge >= 0.3 is 0 Å². The second-order valence-electron chi connectivity index (χ2n) is 5.92. The minimum Gasteiger partial charge on any atom is -0.399 e. The molecule has 0 aliphatic carbocycles. The van der Waals surface area contributed by atoms with Gasteiger partial charge in [0.1, 0.15) is 0 Å². The lowest BCUT2D eigenvalue weighted by atomic mass is 10.1. The predicted octanol–water partition coefficient (Wildman–Crippen LogP) is 2.95. The topological polar surface area (TPSA) is 101 Å². The highest BCUT2D eigenvalue weighted by molar-refractivity contribution is 7.89. The molecule has 142 valence electrons. The third-order valence-corrected chi connectivity index (χ3v) is 5.33. The average molecular weight is 398 g/mol. The minimum atomic E-state index is -3.61. The Morgan fingerprint density at radius 3 is 2.42 bits per heavy atom. The van der Waals surface area contributed by atoms with Gasteiger partial charge in [-0.2, -0.15) is 0 Å². The first-order valence-electron chi connectivity index (χ1n) is 8.07. The summed E-state index contributed by atoms with van der Waals surface area (Å²) < 4.78 is 27.2. The van der Waals surface area contributed by atoms with Gasteiger partial charge in [0.05, 0.1) is 11.3 Å². The van der Waals surface area contributed by atoms with E-state index in [-0.39, 0.29) is 35.7 Å². The Hall–Kier alpha value is -2.09. The Morgan fingerprint density at radius 2 is 1.81 bits per heavy atom. The summed E-state index contributed by atoms with van der Waals surface area (Å²) in [6.07, 6.45) is 0.875. The largest absolute Gasteiger partial charge is 0.399 e. The number of nitrogen functional groups attached to an aromatic ring is 1. The number of halogens is 1. The zero-order valence-electron chi connectivity index (χ0n) is 14.7. The maximum atomic E-state index is 12.3. The van der Waals surface area contributed by atoms with Crippen molar-refractivity contribution in [2.75, 3.05) is 11.1 Å². The lowest BCUT2D eigenvalue weighted by molar-refractivity contribution is -0.115. The lowest BCUT2D eigenvalue weighted by Gasteiger charge is -2.13. The molecule has 2 aromatic rings. The van der Waals surface area contributed by atoms with E-state index in [1.54, 1.807) is 43.3 Å². The van der Waals surface area contributed by atoms with Crippen LogP contribution < -0.4 is 15.8 Å². The van der Waals surface area contributed by atoms with E-state index < -0.39 is 10.0 Å². The Labute approximate surface area is 160 Å². The highest BCUT2D eigenvalue weighted by atomic mass is 35.5. The summed E-state index contributed by atoms with van der Waals surface area (Å²) >= 11 is 0. The maximum Gasteiger partial charge on any atom is 0.240 e. The van der Waals surface area contributed by atoms with Crippen LogP contribution in [0, 0.1) is 0 Å². The van der Waals surface area contributed by atoms with Crippen LogP contribution in [0.3, 0.4) is 0 Å². The van der Waals surface area contributed by atoms with E-state index in [0.717, 1.165) is 5.56 Å². The molecule has 0 aliphatic rings. The monoisotopic (exact) mass is 397 g/mol. The van der Waals surface area contributed by atoms with Crippen molar-refractivity contribution in [2.24, 2.45) is 0 Å². The number of amides is 1. The number of hydrogen-bond acceptors (Lipinski definition) is 4. The molecule has 1 amide bonds. The van der Waals surface area contributed by atoms with Gasteiger partial charge < -0.3 is 11.1 Å². The van der Waals surface area contributed by atoms with E-state index >= 15 is 0 Å². The van der Waals surface area contributed by atoms with E-state index in [4.69, 9.17) is 5.73 Å². The first-order chi connectivity index (χ1) is 11.8. The highest BCUT2D eigenvalue weighted by Gasteiger charge is 2.17. The van der Waals surface area contributed by atoms with Crippen molar-refractivity contribution in [3.63, 3.8) is 0 Å². The van der Waals surface area contributed by atoms with Gasteiger partial charge in [0.25, 0.3) is 0 Å². The molecule has 0 radical (unpaired) electrons. The summed E-state index contributed by atoms with van der Waals surface area (Å²) in [5.74, 6) is -0.228. The molecule has 0 aromatic heterocycles. The lowest BCUT2D eigenvalue weighted by Crippen LogP contribution is -2.32. The molecule has 0 spiro atoms. The number of carbonyl (C=O) groups is 1. The second-order valence-corrected chi connectivity index (χ2v) is 7.64. The molecule has 4 N–H and O–H groups in total. The SMILES string of the molecule is CCC(C)NS(=O)(=O)c1cccc(NC(=O)Cc2ccc(N)cc2)c1.Cl. The molecule has 8 heteroatoms. The number of anilines is 2. The predicted molar refractivity (Wildman–Crippen MR) is 107 cm³/mol. The smallest absolute Gasteiger partial charge is 0.240 e. The first kappa shape index (κ1) is 22.0. The van der Waals surface area contributed by atoms with Gasteiger partial charge in [0.2, 0.25) is 15.9 Å². The van der Waals surface area contributed by atoms with Gasteiger partial charge in [-0.15, -0.1) is 12.4 Å². The first-order valence-corrected chi connectivity index (χ1v) is 9.55. The summed E-state index contributed by atoms with van der Waals surface area (Å²) in [5.41, 5.74) is 7.52. The van der Waals surface area contributed by atoms with Gasteiger partial charge in [-0.1, -0.05) is 25.1 Å². The maximum absolute atomic E-state index is 12.3. The molecule has 0 saturated carbocycles. The Kier molecular flexibility index (Phi) is 8.08. The molecular weight excluding hydrogens is 374 g/mol. The summed E-state index contributed by atoms with van der Waals surface area (Å²) in [5, 5.41) is 2.72. The van der Waals surface area contributed by atoms with Gasteiger partial charge in [0, 0.05) is 17.4 Å². The van der Waals surface area contributed by atoms with Crippen molar-refractivity contribution in [2.45, 2.75) is 37.6 Å². The fourth-order valence-electron chi connectivity index (χ4n) is 2.18. The van der Waals surface area contributed by atoms with E-state index in [9.17, 15) is 13.2 Å². The van der Waals surface area contributed by atoms with Crippen molar-refractivity contribution < 1.29 is 13.2 Å². The number of nitrogens with one attached hydrogen (secondary N) is 2. The fraction of sp³-hybridized carbons (Fsp3) is 0.278. The van der Waals surface area contributed by atoms with Crippen molar-refractivity contribution in [3.8, 4) is 0 Å². The van der Waals surface area contributed by atoms with Crippen LogP contribution in [0.1, 0.15) is 25.8 Å². The molecule has 0 fully saturated rings. The molecule has 0 saturated heterocycles. The van der Waals surface area contributed by atoms with Crippen LogP contribution in [0.4, 0.5) is 11.4 Å². The summed E-state index contributed by atoms with van der Waals surface area (Å²) in [6, 6.07) is 13.1. The fourth-order valence-corrected chi connectivity index (χ4v) is 3.56. The van der Waals surface area contributed by atoms with Crippen LogP contribution in [0.25, 0.3) is 0 Å². The summed E-state index contributed by atoms with van der Waals surface area (Å²) in [6.45, 7) is 3.71. The standard InChI is InChI=1S/C18H23N3O3S.ClH/c1-3-13(2)21-25(23,24)17-6-4-5-16(12-17)20-18(22)11-14-7-9-15(19)10-8-14;/h4-10,12-13,21H,3,11,19H2,1-2H3,(H,20,22);1H. The molecule has 6 nitrogen and oxygen atoms in total. The normalized spacial score (nSPS) is 12.1. The van der Waals surface area contributed by atoms with Crippen molar-refractivity contribution in [3.05, 3.63) is 54.1 Å². The molecule has 2 aromatic carbocycles. The molecule has 2 rings (SSSR count). The summed E-state index contributed by atoms with van der Waals surface area (Å²) in [7, 11) is -3.61. The van der Waals surface area contributed by atoms with Gasteiger partial charge in [0.15, 0.2) is 0 Å². The van der Waals surface area contributed by atoms with E-state index in [0.29, 0.717) is 17.8 Å². The zero-order valence-corrected chi connectivity index (χ0v) is 16.4. The van der Waals surface area contributed by atoms with Crippen LogP contribution in [0.5, 0.6) is 0 Å². The second kappa shape index (κ2) is 9.56. The van der Waals surface area contributed by atoms with Gasteiger partial charge in [-0.05, 0) is 49.2 Å². The van der Waals surface area contributed by atoms with Crippen LogP contribution in [0.15, 0.2) is 53.4 Å². The molecule has 0 heterocycles. The van der Waals surface area contributed by atoms with Crippen LogP contribution >= 0.6 is 12.4 Å². The molecule has 0 aliphatic heterocycles. The average Bonchev–Trinajstić information content (AvgIpc) is 2.56. The molecule has 26 heavy (non-hydrogen) atoms. The quantitative estimate of drug-likeness (QED) is 0.625. The van der Waals surface area contributed by atoms with Crippen molar-refractivity contribution in [1.29, 1.82) is 0 Å². The number of carbonyl (C=O) groups excluding carboxylic acids is 1. The highest BCUT2D eigenvalue weighted by Crippen LogP contribution is 2.16. The number of nitrogens with two attached hydrogens (primary N) is 1. The molecule has 1 atom stereocenters. The molecule has 0 bridgehead atoms. The number of benzene rings is 2. The third kappa shape index (κ3) is 6.33. The van der Waals surface area contributed by atoms with Crippen LogP contribution in [-0.4, -0.2) is 20.4 Å². The van der Waals surface area contributed by atoms with Crippen LogP contribution in [0.2, 0.25) is 0 Å². The number of rotatable bonds is 7. The molecule has 1 unspecified atom stereocenters. The Morgan fingerprint density at radius 1 is 1.15 bits per heavy atom. The van der Waals surface area contributed by atoms with Crippen LogP contribution in [-0.2, 0) is 21.2 Å². The minimum absolute atomic E-state index is 0. The third-order valence-electron chi connectivity index (χ3n) is 3.74. The Balaban J connectivity index is 0.00000338. The van der Waals surface area contributed by atoms with E-state index in [1.807, 2.05) is 6.92 Å². The van der Waals surface area contributed by atoms with Crippen molar-refractivity contribution >= 4 is 39.7 Å². The van der Waals surface area contributed by atoms with Crippen molar-refractivity contribution in [1.82, 2.24) is 4.72 Å².